The molecule has 142 valence electrons. The standard InChI is InChI=1S/C16H18F3N3O4/c1-22-7-6-20-14(22)15(24,16(17,18)19)9-13(23)21-11-5-4-10(25-2)8-12(11)26-3/h4-8,24H,9H2,1-3H3,(H,21,23). The Hall–Kier alpha value is -2.75. The van der Waals surface area contributed by atoms with E-state index >= 15 is 0 Å². The fourth-order valence-corrected chi connectivity index (χ4v) is 2.40. The fraction of sp³-hybridized carbons (Fsp3) is 0.375. The molecular formula is C16H18F3N3O4. The summed E-state index contributed by atoms with van der Waals surface area (Å²) in [5.41, 5.74) is -3.29. The van der Waals surface area contributed by atoms with Crippen molar-refractivity contribution in [3.63, 3.8) is 0 Å². The maximum absolute atomic E-state index is 13.5. The Morgan fingerprint density at radius 1 is 1.31 bits per heavy atom. The van der Waals surface area contributed by atoms with Crippen LogP contribution in [0, 0.1) is 0 Å². The van der Waals surface area contributed by atoms with Crippen molar-refractivity contribution < 1.29 is 32.5 Å². The summed E-state index contributed by atoms with van der Waals surface area (Å²) in [4.78, 5) is 15.8. The second-order valence-corrected chi connectivity index (χ2v) is 5.51. The van der Waals surface area contributed by atoms with Crippen LogP contribution in [0.25, 0.3) is 0 Å². The number of halogens is 3. The Labute approximate surface area is 147 Å². The number of aliphatic hydroxyl groups is 1. The zero-order valence-electron chi connectivity index (χ0n) is 14.3. The van der Waals surface area contributed by atoms with Gasteiger partial charge in [-0.3, -0.25) is 4.79 Å². The molecule has 0 bridgehead atoms. The Bertz CT molecular complexity index is 791. The second-order valence-electron chi connectivity index (χ2n) is 5.51. The van der Waals surface area contributed by atoms with E-state index in [0.29, 0.717) is 5.75 Å². The van der Waals surface area contributed by atoms with E-state index in [0.717, 1.165) is 10.8 Å². The van der Waals surface area contributed by atoms with Crippen LogP contribution in [0.2, 0.25) is 0 Å². The lowest BCUT2D eigenvalue weighted by Gasteiger charge is -2.29. The molecule has 26 heavy (non-hydrogen) atoms. The quantitative estimate of drug-likeness (QED) is 0.811. The topological polar surface area (TPSA) is 85.6 Å². The van der Waals surface area contributed by atoms with Gasteiger partial charge in [0.2, 0.25) is 11.5 Å². The van der Waals surface area contributed by atoms with Gasteiger partial charge in [0, 0.05) is 25.5 Å². The Morgan fingerprint density at radius 3 is 2.50 bits per heavy atom. The number of anilines is 1. The van der Waals surface area contributed by atoms with Crippen LogP contribution in [-0.2, 0) is 17.4 Å². The maximum atomic E-state index is 13.5. The Morgan fingerprint density at radius 2 is 2.00 bits per heavy atom. The molecule has 7 nitrogen and oxygen atoms in total. The van der Waals surface area contributed by atoms with Gasteiger partial charge in [0.15, 0.2) is 5.82 Å². The lowest BCUT2D eigenvalue weighted by Crippen LogP contribution is -2.46. The molecule has 0 aliphatic rings. The molecule has 1 aromatic heterocycles. The molecule has 0 spiro atoms. The number of nitrogens with zero attached hydrogens (tertiary/aromatic N) is 2. The number of amides is 1. The molecule has 2 N–H and O–H groups in total. The predicted molar refractivity (Wildman–Crippen MR) is 86.0 cm³/mol. The van der Waals surface area contributed by atoms with E-state index in [9.17, 15) is 23.1 Å². The first-order valence-electron chi connectivity index (χ1n) is 7.41. The van der Waals surface area contributed by atoms with E-state index in [1.54, 1.807) is 0 Å². The van der Waals surface area contributed by atoms with Crippen LogP contribution in [0.1, 0.15) is 12.2 Å². The first kappa shape index (κ1) is 19.6. The van der Waals surface area contributed by atoms with Gasteiger partial charge in [0.05, 0.1) is 26.3 Å². The average Bonchev–Trinajstić information content (AvgIpc) is 3.00. The van der Waals surface area contributed by atoms with Crippen molar-refractivity contribution in [1.82, 2.24) is 9.55 Å². The number of carbonyl (C=O) groups is 1. The summed E-state index contributed by atoms with van der Waals surface area (Å²) in [5, 5.41) is 12.5. The monoisotopic (exact) mass is 373 g/mol. The lowest BCUT2D eigenvalue weighted by atomic mass is 9.97. The molecule has 2 aromatic rings. The molecule has 0 saturated heterocycles. The third kappa shape index (κ3) is 3.74. The highest BCUT2D eigenvalue weighted by atomic mass is 19.4. The number of nitrogens with one attached hydrogen (secondary N) is 1. The number of aromatic nitrogens is 2. The summed E-state index contributed by atoms with van der Waals surface area (Å²) in [5.74, 6) is -1.09. The van der Waals surface area contributed by atoms with Crippen molar-refractivity contribution in [3.8, 4) is 11.5 Å². The molecule has 0 fully saturated rings. The Kier molecular flexibility index (Phi) is 5.45. The molecule has 1 aromatic carbocycles. The molecule has 10 heteroatoms. The molecule has 1 heterocycles. The summed E-state index contributed by atoms with van der Waals surface area (Å²) in [6.07, 6.45) is -4.02. The Balaban J connectivity index is 2.28. The van der Waals surface area contributed by atoms with Crippen LogP contribution < -0.4 is 14.8 Å². The van der Waals surface area contributed by atoms with Gasteiger partial charge in [-0.2, -0.15) is 13.2 Å². The molecular weight excluding hydrogens is 355 g/mol. The largest absolute Gasteiger partial charge is 0.497 e. The number of hydrogen-bond donors (Lipinski definition) is 2. The first-order chi connectivity index (χ1) is 12.1. The number of aryl methyl sites for hydroxylation is 1. The molecule has 1 amide bonds. The van der Waals surface area contributed by atoms with E-state index < -0.39 is 29.9 Å². The average molecular weight is 373 g/mol. The van der Waals surface area contributed by atoms with Crippen molar-refractivity contribution in [2.45, 2.75) is 18.2 Å². The van der Waals surface area contributed by atoms with Gasteiger partial charge in [-0.15, -0.1) is 0 Å². The molecule has 1 atom stereocenters. The van der Waals surface area contributed by atoms with Crippen LogP contribution >= 0.6 is 0 Å². The summed E-state index contributed by atoms with van der Waals surface area (Å²) in [6.45, 7) is 0. The number of alkyl halides is 3. The van der Waals surface area contributed by atoms with Crippen LogP contribution in [0.3, 0.4) is 0 Å². The van der Waals surface area contributed by atoms with Gasteiger partial charge < -0.3 is 24.5 Å². The third-order valence-electron chi connectivity index (χ3n) is 3.76. The number of carbonyl (C=O) groups excluding carboxylic acids is 1. The summed E-state index contributed by atoms with van der Waals surface area (Å²) < 4.78 is 51.5. The van der Waals surface area contributed by atoms with Gasteiger partial charge in [-0.25, -0.2) is 4.98 Å². The lowest BCUT2D eigenvalue weighted by molar-refractivity contribution is -0.270. The highest BCUT2D eigenvalue weighted by Crippen LogP contribution is 2.41. The minimum absolute atomic E-state index is 0.141. The second kappa shape index (κ2) is 7.24. The zero-order chi connectivity index (χ0) is 19.5. The van der Waals surface area contributed by atoms with Gasteiger partial charge in [0.25, 0.3) is 0 Å². The van der Waals surface area contributed by atoms with Crippen LogP contribution in [0.15, 0.2) is 30.6 Å². The van der Waals surface area contributed by atoms with Crippen molar-refractivity contribution in [3.05, 3.63) is 36.4 Å². The molecule has 0 saturated carbocycles. The molecule has 2 rings (SSSR count). The fourth-order valence-electron chi connectivity index (χ4n) is 2.40. The maximum Gasteiger partial charge on any atom is 0.425 e. The predicted octanol–water partition coefficient (Wildman–Crippen LogP) is 2.22. The highest BCUT2D eigenvalue weighted by Gasteiger charge is 2.58. The van der Waals surface area contributed by atoms with E-state index in [1.807, 2.05) is 0 Å². The van der Waals surface area contributed by atoms with Gasteiger partial charge in [0.1, 0.15) is 11.5 Å². The number of methoxy groups -OCH3 is 2. The van der Waals surface area contributed by atoms with E-state index in [-0.39, 0.29) is 11.4 Å². The molecule has 0 aliphatic heterocycles. The summed E-state index contributed by atoms with van der Waals surface area (Å²) in [6, 6.07) is 4.39. The van der Waals surface area contributed by atoms with Crippen molar-refractivity contribution in [1.29, 1.82) is 0 Å². The normalized spacial score (nSPS) is 13.8. The number of hydrogen-bond acceptors (Lipinski definition) is 5. The highest BCUT2D eigenvalue weighted by molar-refractivity contribution is 5.93. The number of imidazole rings is 1. The van der Waals surface area contributed by atoms with Gasteiger partial charge >= 0.3 is 6.18 Å². The minimum atomic E-state index is -5.10. The van der Waals surface area contributed by atoms with E-state index in [4.69, 9.17) is 9.47 Å². The zero-order valence-corrected chi connectivity index (χ0v) is 14.3. The molecule has 0 radical (unpaired) electrons. The van der Waals surface area contributed by atoms with Crippen LogP contribution in [0.4, 0.5) is 18.9 Å². The van der Waals surface area contributed by atoms with Crippen molar-refractivity contribution >= 4 is 11.6 Å². The van der Waals surface area contributed by atoms with Gasteiger partial charge in [-0.05, 0) is 12.1 Å². The van der Waals surface area contributed by atoms with E-state index in [1.165, 1.54) is 45.7 Å². The minimum Gasteiger partial charge on any atom is -0.497 e. The van der Waals surface area contributed by atoms with Crippen LogP contribution in [0.5, 0.6) is 11.5 Å². The smallest absolute Gasteiger partial charge is 0.425 e. The third-order valence-corrected chi connectivity index (χ3v) is 3.76. The van der Waals surface area contributed by atoms with Crippen LogP contribution in [-0.4, -0.2) is 41.0 Å². The SMILES string of the molecule is COc1ccc(NC(=O)CC(O)(c2nccn2C)C(F)(F)F)c(OC)c1. The van der Waals surface area contributed by atoms with Crippen molar-refractivity contribution in [2.75, 3.05) is 19.5 Å². The number of benzene rings is 1. The van der Waals surface area contributed by atoms with Gasteiger partial charge in [-0.1, -0.05) is 0 Å². The number of rotatable bonds is 6. The molecule has 1 unspecified atom stereocenters. The van der Waals surface area contributed by atoms with Crippen molar-refractivity contribution in [2.24, 2.45) is 7.05 Å². The summed E-state index contributed by atoms with van der Waals surface area (Å²) >= 11 is 0. The molecule has 0 aliphatic carbocycles. The first-order valence-corrected chi connectivity index (χ1v) is 7.41. The number of ether oxygens (including phenoxy) is 2. The summed E-state index contributed by atoms with van der Waals surface area (Å²) in [7, 11) is 4.07. The van der Waals surface area contributed by atoms with E-state index in [2.05, 4.69) is 10.3 Å².